The van der Waals surface area contributed by atoms with E-state index < -0.39 is 0 Å². The minimum absolute atomic E-state index is 0.468. The molecule has 0 aromatic rings. The smallest absolute Gasteiger partial charge is 0.109 e. The Labute approximate surface area is 93.1 Å². The molecule has 2 heteroatoms. The van der Waals surface area contributed by atoms with E-state index in [1.54, 1.807) is 0 Å². The molecule has 0 spiro atoms. The number of ether oxygens (including phenoxy) is 1. The summed E-state index contributed by atoms with van der Waals surface area (Å²) in [6, 6.07) is 0.468. The predicted octanol–water partition coefficient (Wildman–Crippen LogP) is 2.70. The van der Waals surface area contributed by atoms with E-state index in [9.17, 15) is 0 Å². The molecule has 1 saturated carbocycles. The average Bonchev–Trinajstić information content (AvgIpc) is 2.68. The highest BCUT2D eigenvalue weighted by atomic mass is 16.5. The van der Waals surface area contributed by atoms with Crippen molar-refractivity contribution in [1.82, 2.24) is 5.32 Å². The second-order valence-electron chi connectivity index (χ2n) is 5.04. The van der Waals surface area contributed by atoms with Gasteiger partial charge in [-0.05, 0) is 50.6 Å². The second-order valence-corrected chi connectivity index (χ2v) is 5.04. The van der Waals surface area contributed by atoms with E-state index in [0.717, 1.165) is 18.4 Å². The Balaban J connectivity index is 1.99. The van der Waals surface area contributed by atoms with Gasteiger partial charge in [-0.15, -0.1) is 0 Å². The Morgan fingerprint density at radius 2 is 2.33 bits per heavy atom. The van der Waals surface area contributed by atoms with Crippen LogP contribution in [0, 0.1) is 11.8 Å². The van der Waals surface area contributed by atoms with Crippen LogP contribution in [0.4, 0.5) is 0 Å². The third-order valence-corrected chi connectivity index (χ3v) is 3.79. The van der Waals surface area contributed by atoms with Gasteiger partial charge < -0.3 is 10.1 Å². The molecule has 1 N–H and O–H groups in total. The molecule has 1 fully saturated rings. The van der Waals surface area contributed by atoms with Gasteiger partial charge in [0.2, 0.25) is 0 Å². The molecule has 2 nitrogen and oxygen atoms in total. The maximum absolute atomic E-state index is 5.78. The van der Waals surface area contributed by atoms with E-state index in [1.165, 1.54) is 37.9 Å². The third kappa shape index (κ3) is 2.54. The summed E-state index contributed by atoms with van der Waals surface area (Å²) in [5, 5.41) is 3.44. The predicted molar refractivity (Wildman–Crippen MR) is 62.6 cm³/mol. The molecular formula is C13H23NO. The fraction of sp³-hybridized carbons (Fsp3) is 0.846. The van der Waals surface area contributed by atoms with E-state index in [1.807, 2.05) is 0 Å². The molecule has 2 aliphatic rings. The Bertz CT molecular complexity index is 237. The molecule has 2 rings (SSSR count). The number of likely N-dealkylation sites (N-methyl/N-ethyl adjacent to an activating group) is 1. The SMILES string of the molecule is CNC(C1=CCCCO1)C1CCC(C)C1. The van der Waals surface area contributed by atoms with E-state index in [0.29, 0.717) is 6.04 Å². The first-order valence-corrected chi connectivity index (χ1v) is 6.31. The Hall–Kier alpha value is -0.500. The van der Waals surface area contributed by atoms with E-state index >= 15 is 0 Å². The molecule has 0 amide bonds. The summed E-state index contributed by atoms with van der Waals surface area (Å²) in [6.45, 7) is 3.27. The van der Waals surface area contributed by atoms with E-state index in [2.05, 4.69) is 25.4 Å². The first kappa shape index (κ1) is 11.0. The molecule has 1 aliphatic carbocycles. The second kappa shape index (κ2) is 5.02. The van der Waals surface area contributed by atoms with Crippen molar-refractivity contribution in [2.75, 3.05) is 13.7 Å². The van der Waals surface area contributed by atoms with Crippen LogP contribution < -0.4 is 5.32 Å². The zero-order valence-electron chi connectivity index (χ0n) is 9.96. The van der Waals surface area contributed by atoms with Gasteiger partial charge in [-0.3, -0.25) is 0 Å². The van der Waals surface area contributed by atoms with Crippen LogP contribution in [-0.2, 0) is 4.74 Å². The topological polar surface area (TPSA) is 21.3 Å². The molecule has 0 radical (unpaired) electrons. The van der Waals surface area contributed by atoms with Gasteiger partial charge in [0, 0.05) is 0 Å². The number of hydrogen-bond donors (Lipinski definition) is 1. The lowest BCUT2D eigenvalue weighted by Crippen LogP contribution is -2.36. The summed E-state index contributed by atoms with van der Waals surface area (Å²) >= 11 is 0. The van der Waals surface area contributed by atoms with Crippen LogP contribution in [0.5, 0.6) is 0 Å². The fourth-order valence-electron chi connectivity index (χ4n) is 2.96. The maximum Gasteiger partial charge on any atom is 0.109 e. The van der Waals surface area contributed by atoms with Crippen molar-refractivity contribution >= 4 is 0 Å². The van der Waals surface area contributed by atoms with Gasteiger partial charge in [0.1, 0.15) is 5.76 Å². The number of rotatable bonds is 3. The molecule has 3 atom stereocenters. The summed E-state index contributed by atoms with van der Waals surface area (Å²) in [7, 11) is 2.06. The maximum atomic E-state index is 5.78. The van der Waals surface area contributed by atoms with E-state index in [-0.39, 0.29) is 0 Å². The van der Waals surface area contributed by atoms with Crippen molar-refractivity contribution in [2.24, 2.45) is 11.8 Å². The fourth-order valence-corrected chi connectivity index (χ4v) is 2.96. The monoisotopic (exact) mass is 209 g/mol. The van der Waals surface area contributed by atoms with E-state index in [4.69, 9.17) is 4.74 Å². The summed E-state index contributed by atoms with van der Waals surface area (Å²) < 4.78 is 5.78. The lowest BCUT2D eigenvalue weighted by atomic mass is 9.94. The van der Waals surface area contributed by atoms with Crippen LogP contribution in [0.15, 0.2) is 11.8 Å². The highest BCUT2D eigenvalue weighted by molar-refractivity contribution is 5.08. The molecule has 1 aliphatic heterocycles. The molecule has 3 unspecified atom stereocenters. The highest BCUT2D eigenvalue weighted by Gasteiger charge is 2.31. The molecule has 0 bridgehead atoms. The standard InChI is InChI=1S/C13H23NO/c1-10-6-7-11(9-10)13(14-2)12-5-3-4-8-15-12/h5,10-11,13-14H,3-4,6-9H2,1-2H3. The lowest BCUT2D eigenvalue weighted by molar-refractivity contribution is 0.152. The number of hydrogen-bond acceptors (Lipinski definition) is 2. The summed E-state index contributed by atoms with van der Waals surface area (Å²) in [5.41, 5.74) is 0. The first-order valence-electron chi connectivity index (χ1n) is 6.31. The normalized spacial score (nSPS) is 33.3. The minimum Gasteiger partial charge on any atom is -0.497 e. The zero-order chi connectivity index (χ0) is 10.7. The van der Waals surface area contributed by atoms with Crippen molar-refractivity contribution in [3.05, 3.63) is 11.8 Å². The zero-order valence-corrected chi connectivity index (χ0v) is 9.96. The van der Waals surface area contributed by atoms with Crippen molar-refractivity contribution in [2.45, 2.75) is 45.1 Å². The van der Waals surface area contributed by atoms with Gasteiger partial charge in [-0.25, -0.2) is 0 Å². The Morgan fingerprint density at radius 3 is 2.87 bits per heavy atom. The van der Waals surface area contributed by atoms with Crippen LogP contribution >= 0.6 is 0 Å². The van der Waals surface area contributed by atoms with Gasteiger partial charge >= 0.3 is 0 Å². The molecular weight excluding hydrogens is 186 g/mol. The van der Waals surface area contributed by atoms with Crippen LogP contribution in [0.1, 0.15) is 39.0 Å². The number of allylic oxidation sites excluding steroid dienone is 1. The van der Waals surface area contributed by atoms with Gasteiger partial charge in [0.15, 0.2) is 0 Å². The van der Waals surface area contributed by atoms with Crippen molar-refractivity contribution in [3.63, 3.8) is 0 Å². The summed E-state index contributed by atoms with van der Waals surface area (Å²) in [6.07, 6.45) is 8.75. The van der Waals surface area contributed by atoms with Crippen LogP contribution in [0.3, 0.4) is 0 Å². The van der Waals surface area contributed by atoms with Crippen molar-refractivity contribution < 1.29 is 4.74 Å². The lowest BCUT2D eigenvalue weighted by Gasteiger charge is -2.28. The van der Waals surface area contributed by atoms with Crippen molar-refractivity contribution in [3.8, 4) is 0 Å². The molecule has 86 valence electrons. The minimum atomic E-state index is 0.468. The van der Waals surface area contributed by atoms with Gasteiger partial charge in [0.25, 0.3) is 0 Å². The highest BCUT2D eigenvalue weighted by Crippen LogP contribution is 2.35. The summed E-state index contributed by atoms with van der Waals surface area (Å²) in [5.74, 6) is 2.90. The van der Waals surface area contributed by atoms with Crippen LogP contribution in [0.2, 0.25) is 0 Å². The Kier molecular flexibility index (Phi) is 3.68. The first-order chi connectivity index (χ1) is 7.31. The van der Waals surface area contributed by atoms with Crippen LogP contribution in [-0.4, -0.2) is 19.7 Å². The van der Waals surface area contributed by atoms with Gasteiger partial charge in [-0.1, -0.05) is 13.3 Å². The molecule has 0 aromatic carbocycles. The number of nitrogens with one attached hydrogen (secondary N) is 1. The molecule has 1 heterocycles. The average molecular weight is 209 g/mol. The largest absolute Gasteiger partial charge is 0.497 e. The van der Waals surface area contributed by atoms with Gasteiger partial charge in [0.05, 0.1) is 12.6 Å². The quantitative estimate of drug-likeness (QED) is 0.771. The summed E-state index contributed by atoms with van der Waals surface area (Å²) in [4.78, 5) is 0. The Morgan fingerprint density at radius 1 is 1.47 bits per heavy atom. The molecule has 15 heavy (non-hydrogen) atoms. The van der Waals surface area contributed by atoms with Crippen molar-refractivity contribution in [1.29, 1.82) is 0 Å². The molecule has 0 saturated heterocycles. The third-order valence-electron chi connectivity index (χ3n) is 3.79. The van der Waals surface area contributed by atoms with Crippen LogP contribution in [0.25, 0.3) is 0 Å². The van der Waals surface area contributed by atoms with Gasteiger partial charge in [-0.2, -0.15) is 0 Å². The molecule has 0 aromatic heterocycles.